The van der Waals surface area contributed by atoms with Crippen molar-refractivity contribution in [1.29, 1.82) is 0 Å². The summed E-state index contributed by atoms with van der Waals surface area (Å²) >= 11 is 0. The Morgan fingerprint density at radius 1 is 1.30 bits per heavy atom. The van der Waals surface area contributed by atoms with E-state index in [4.69, 9.17) is 5.11 Å². The van der Waals surface area contributed by atoms with Gasteiger partial charge < -0.3 is 5.11 Å². The highest BCUT2D eigenvalue weighted by Gasteiger charge is 1.95. The second kappa shape index (κ2) is 11.7. The van der Waals surface area contributed by atoms with Crippen molar-refractivity contribution in [2.45, 2.75) is 47.0 Å². The van der Waals surface area contributed by atoms with Crippen molar-refractivity contribution in [1.82, 2.24) is 0 Å². The molecule has 1 nitrogen and oxygen atoms in total. The smallest absolute Gasteiger partial charge is 0.0431 e. The number of aliphatic hydroxyl groups excluding tert-OH is 1. The zero-order valence-electron chi connectivity index (χ0n) is 7.85. The zero-order valence-corrected chi connectivity index (χ0v) is 7.85. The van der Waals surface area contributed by atoms with E-state index in [1.807, 2.05) is 13.8 Å². The van der Waals surface area contributed by atoms with Gasteiger partial charge in [-0.15, -0.1) is 0 Å². The van der Waals surface area contributed by atoms with Gasteiger partial charge in [0.05, 0.1) is 0 Å². The molecule has 0 radical (unpaired) electrons. The lowest BCUT2D eigenvalue weighted by Gasteiger charge is -2.04. The zero-order chi connectivity index (χ0) is 8.41. The highest BCUT2D eigenvalue weighted by molar-refractivity contribution is 4.47. The molecule has 1 unspecified atom stereocenters. The molecule has 0 aliphatic heterocycles. The summed E-state index contributed by atoms with van der Waals surface area (Å²) in [6.07, 6.45) is 3.38. The van der Waals surface area contributed by atoms with Crippen molar-refractivity contribution in [2.75, 3.05) is 6.61 Å². The van der Waals surface area contributed by atoms with Crippen molar-refractivity contribution in [3.8, 4) is 0 Å². The predicted octanol–water partition coefficient (Wildman–Crippen LogP) is 2.83. The maximum absolute atomic E-state index is 8.41. The van der Waals surface area contributed by atoms with E-state index in [9.17, 15) is 0 Å². The number of hydrogen-bond donors (Lipinski definition) is 1. The minimum atomic E-state index is 0.352. The third-order valence-electron chi connectivity index (χ3n) is 1.55. The average molecular weight is 146 g/mol. The van der Waals surface area contributed by atoms with Gasteiger partial charge in [-0.25, -0.2) is 0 Å². The molecule has 64 valence electrons. The van der Waals surface area contributed by atoms with Gasteiger partial charge in [-0.05, 0) is 18.8 Å². The van der Waals surface area contributed by atoms with Gasteiger partial charge >= 0.3 is 0 Å². The van der Waals surface area contributed by atoms with E-state index >= 15 is 0 Å². The highest BCUT2D eigenvalue weighted by Crippen LogP contribution is 2.07. The van der Waals surface area contributed by atoms with Crippen LogP contribution in [0.2, 0.25) is 0 Å². The van der Waals surface area contributed by atoms with E-state index in [0.29, 0.717) is 6.61 Å². The third-order valence-corrected chi connectivity index (χ3v) is 1.55. The fraction of sp³-hybridized carbons (Fsp3) is 1.00. The molecule has 0 saturated carbocycles. The van der Waals surface area contributed by atoms with Crippen LogP contribution in [0.25, 0.3) is 0 Å². The van der Waals surface area contributed by atoms with Gasteiger partial charge in [0.2, 0.25) is 0 Å². The van der Waals surface area contributed by atoms with E-state index < -0.39 is 0 Å². The van der Waals surface area contributed by atoms with E-state index in [0.717, 1.165) is 12.3 Å². The first kappa shape index (κ1) is 12.6. The summed E-state index contributed by atoms with van der Waals surface area (Å²) in [6.45, 7) is 8.75. The van der Waals surface area contributed by atoms with Gasteiger partial charge in [-0.3, -0.25) is 0 Å². The molecule has 0 saturated heterocycles. The molecule has 0 spiro atoms. The summed E-state index contributed by atoms with van der Waals surface area (Å²) < 4.78 is 0. The third kappa shape index (κ3) is 10.9. The van der Waals surface area contributed by atoms with Gasteiger partial charge in [0, 0.05) is 6.61 Å². The van der Waals surface area contributed by atoms with Crippen LogP contribution in [0.5, 0.6) is 0 Å². The molecule has 0 amide bonds. The molecule has 0 rings (SSSR count). The van der Waals surface area contributed by atoms with Gasteiger partial charge in [0.25, 0.3) is 0 Å². The summed E-state index contributed by atoms with van der Waals surface area (Å²) in [4.78, 5) is 0. The molecule has 0 aromatic rings. The molecule has 0 fully saturated rings. The van der Waals surface area contributed by atoms with Crippen molar-refractivity contribution >= 4 is 0 Å². The fourth-order valence-electron chi connectivity index (χ4n) is 0.644. The van der Waals surface area contributed by atoms with Gasteiger partial charge in [0.1, 0.15) is 0 Å². The van der Waals surface area contributed by atoms with Crippen LogP contribution in [0.15, 0.2) is 0 Å². The summed E-state index contributed by atoms with van der Waals surface area (Å²) in [5, 5.41) is 8.41. The van der Waals surface area contributed by atoms with Crippen LogP contribution in [0, 0.1) is 5.92 Å². The molecule has 10 heavy (non-hydrogen) atoms. The Kier molecular flexibility index (Phi) is 14.8. The van der Waals surface area contributed by atoms with Crippen molar-refractivity contribution in [3.63, 3.8) is 0 Å². The largest absolute Gasteiger partial charge is 0.396 e. The Hall–Kier alpha value is -0.0400. The molecule has 1 N–H and O–H groups in total. The minimum absolute atomic E-state index is 0.352. The Balaban J connectivity index is 0. The molecular weight excluding hydrogens is 124 g/mol. The standard InChI is InChI=1S/C7H16O.C2H6/c1-3-7(2)5-4-6-8;1-2/h7-8H,3-6H2,1-2H3;1-2H3. The molecule has 1 heteroatoms. The van der Waals surface area contributed by atoms with Crippen molar-refractivity contribution in [2.24, 2.45) is 5.92 Å². The maximum atomic E-state index is 8.41. The SMILES string of the molecule is CC.CCC(C)CCCO. The average Bonchev–Trinajstić information content (AvgIpc) is 2.04. The Morgan fingerprint density at radius 3 is 2.10 bits per heavy atom. The Labute approximate surface area is 65.5 Å². The lowest BCUT2D eigenvalue weighted by atomic mass is 10.0. The normalized spacial score (nSPS) is 11.7. The van der Waals surface area contributed by atoms with Crippen LogP contribution in [-0.2, 0) is 0 Å². The van der Waals surface area contributed by atoms with Crippen LogP contribution in [0.4, 0.5) is 0 Å². The lowest BCUT2D eigenvalue weighted by molar-refractivity contribution is 0.273. The summed E-state index contributed by atoms with van der Waals surface area (Å²) in [7, 11) is 0. The van der Waals surface area contributed by atoms with E-state index in [1.165, 1.54) is 12.8 Å². The Morgan fingerprint density at radius 2 is 1.80 bits per heavy atom. The van der Waals surface area contributed by atoms with Crippen LogP contribution in [0.3, 0.4) is 0 Å². The molecule has 0 heterocycles. The van der Waals surface area contributed by atoms with E-state index in [1.54, 1.807) is 0 Å². The van der Waals surface area contributed by atoms with Gasteiger partial charge in [-0.1, -0.05) is 34.1 Å². The second-order valence-corrected chi connectivity index (χ2v) is 2.38. The summed E-state index contributed by atoms with van der Waals surface area (Å²) in [5.74, 6) is 0.794. The molecule has 0 aliphatic rings. The Bertz CT molecular complexity index is 44.0. The first-order chi connectivity index (χ1) is 4.81. The number of rotatable bonds is 4. The maximum Gasteiger partial charge on any atom is 0.0431 e. The molecule has 0 aliphatic carbocycles. The van der Waals surface area contributed by atoms with Crippen LogP contribution >= 0.6 is 0 Å². The van der Waals surface area contributed by atoms with Crippen LogP contribution in [-0.4, -0.2) is 11.7 Å². The molecule has 0 aromatic heterocycles. The molecule has 0 bridgehead atoms. The predicted molar refractivity (Wildman–Crippen MR) is 47.1 cm³/mol. The minimum Gasteiger partial charge on any atom is -0.396 e. The lowest BCUT2D eigenvalue weighted by Crippen LogP contribution is -1.93. The summed E-state index contributed by atoms with van der Waals surface area (Å²) in [5.41, 5.74) is 0. The van der Waals surface area contributed by atoms with Crippen molar-refractivity contribution in [3.05, 3.63) is 0 Å². The number of hydrogen-bond acceptors (Lipinski definition) is 1. The molecule has 1 atom stereocenters. The first-order valence-electron chi connectivity index (χ1n) is 4.42. The van der Waals surface area contributed by atoms with Gasteiger partial charge in [-0.2, -0.15) is 0 Å². The molecular formula is C9H22O. The second-order valence-electron chi connectivity index (χ2n) is 2.38. The van der Waals surface area contributed by atoms with E-state index in [-0.39, 0.29) is 0 Å². The summed E-state index contributed by atoms with van der Waals surface area (Å²) in [6, 6.07) is 0. The van der Waals surface area contributed by atoms with Crippen LogP contribution in [0.1, 0.15) is 47.0 Å². The molecule has 0 aromatic carbocycles. The quantitative estimate of drug-likeness (QED) is 0.646. The van der Waals surface area contributed by atoms with E-state index in [2.05, 4.69) is 13.8 Å². The number of aliphatic hydroxyl groups is 1. The highest BCUT2D eigenvalue weighted by atomic mass is 16.2. The monoisotopic (exact) mass is 146 g/mol. The van der Waals surface area contributed by atoms with Gasteiger partial charge in [0.15, 0.2) is 0 Å². The first-order valence-corrected chi connectivity index (χ1v) is 4.42. The fourth-order valence-corrected chi connectivity index (χ4v) is 0.644. The topological polar surface area (TPSA) is 20.2 Å². The van der Waals surface area contributed by atoms with Crippen LogP contribution < -0.4 is 0 Å². The van der Waals surface area contributed by atoms with Crippen molar-refractivity contribution < 1.29 is 5.11 Å².